The SMILES string of the molecule is CCC(CC)C(=O)N1CCN(CC(C)=O)CC1. The molecule has 98 valence electrons. The summed E-state index contributed by atoms with van der Waals surface area (Å²) < 4.78 is 0. The number of amides is 1. The van der Waals surface area contributed by atoms with Crippen molar-refractivity contribution in [3.63, 3.8) is 0 Å². The molecule has 1 amide bonds. The number of piperazine rings is 1. The second-order valence-corrected chi connectivity index (χ2v) is 4.82. The van der Waals surface area contributed by atoms with Crippen molar-refractivity contribution < 1.29 is 9.59 Å². The third kappa shape index (κ3) is 4.11. The van der Waals surface area contributed by atoms with E-state index in [9.17, 15) is 9.59 Å². The molecular weight excluding hydrogens is 216 g/mol. The largest absolute Gasteiger partial charge is 0.340 e. The molecule has 1 fully saturated rings. The summed E-state index contributed by atoms with van der Waals surface area (Å²) in [5, 5.41) is 0. The average molecular weight is 240 g/mol. The van der Waals surface area contributed by atoms with Crippen molar-refractivity contribution >= 4 is 11.7 Å². The van der Waals surface area contributed by atoms with E-state index in [1.807, 2.05) is 4.90 Å². The Balaban J connectivity index is 2.40. The first-order valence-electron chi connectivity index (χ1n) is 6.59. The number of carbonyl (C=O) groups is 2. The Morgan fingerprint density at radius 2 is 1.59 bits per heavy atom. The second kappa shape index (κ2) is 6.74. The molecule has 1 saturated heterocycles. The Morgan fingerprint density at radius 3 is 2.00 bits per heavy atom. The Kier molecular flexibility index (Phi) is 5.62. The summed E-state index contributed by atoms with van der Waals surface area (Å²) in [6, 6.07) is 0. The molecule has 0 aromatic heterocycles. The highest BCUT2D eigenvalue weighted by Crippen LogP contribution is 2.13. The third-order valence-electron chi connectivity index (χ3n) is 3.47. The van der Waals surface area contributed by atoms with Crippen LogP contribution in [0, 0.1) is 5.92 Å². The molecule has 0 aromatic rings. The van der Waals surface area contributed by atoms with Gasteiger partial charge >= 0.3 is 0 Å². The smallest absolute Gasteiger partial charge is 0.225 e. The molecule has 0 radical (unpaired) electrons. The van der Waals surface area contributed by atoms with E-state index in [1.165, 1.54) is 0 Å². The van der Waals surface area contributed by atoms with Gasteiger partial charge in [-0.2, -0.15) is 0 Å². The van der Waals surface area contributed by atoms with Crippen molar-refractivity contribution in [3.05, 3.63) is 0 Å². The van der Waals surface area contributed by atoms with Crippen molar-refractivity contribution in [2.75, 3.05) is 32.7 Å². The van der Waals surface area contributed by atoms with Gasteiger partial charge in [-0.25, -0.2) is 0 Å². The van der Waals surface area contributed by atoms with Gasteiger partial charge in [0, 0.05) is 32.1 Å². The van der Waals surface area contributed by atoms with Crippen LogP contribution in [0.2, 0.25) is 0 Å². The highest BCUT2D eigenvalue weighted by Gasteiger charge is 2.25. The molecule has 0 saturated carbocycles. The lowest BCUT2D eigenvalue weighted by atomic mass is 10.0. The van der Waals surface area contributed by atoms with Crippen LogP contribution in [0.15, 0.2) is 0 Å². The maximum atomic E-state index is 12.1. The maximum absolute atomic E-state index is 12.1. The predicted octanol–water partition coefficient (Wildman–Crippen LogP) is 1.16. The first-order valence-corrected chi connectivity index (χ1v) is 6.59. The number of nitrogens with zero attached hydrogens (tertiary/aromatic N) is 2. The van der Waals surface area contributed by atoms with E-state index in [2.05, 4.69) is 18.7 Å². The van der Waals surface area contributed by atoms with Crippen molar-refractivity contribution in [1.82, 2.24) is 9.80 Å². The lowest BCUT2D eigenvalue weighted by Crippen LogP contribution is -2.51. The molecule has 0 spiro atoms. The van der Waals surface area contributed by atoms with E-state index in [4.69, 9.17) is 0 Å². The molecule has 0 bridgehead atoms. The zero-order chi connectivity index (χ0) is 12.8. The van der Waals surface area contributed by atoms with Gasteiger partial charge < -0.3 is 4.90 Å². The lowest BCUT2D eigenvalue weighted by molar-refractivity contribution is -0.137. The normalized spacial score (nSPS) is 17.5. The van der Waals surface area contributed by atoms with E-state index in [0.717, 1.165) is 39.0 Å². The van der Waals surface area contributed by atoms with Gasteiger partial charge in [-0.05, 0) is 19.8 Å². The first kappa shape index (κ1) is 14.2. The molecule has 17 heavy (non-hydrogen) atoms. The van der Waals surface area contributed by atoms with Crippen LogP contribution in [0.25, 0.3) is 0 Å². The summed E-state index contributed by atoms with van der Waals surface area (Å²) in [7, 11) is 0. The predicted molar refractivity (Wildman–Crippen MR) is 67.8 cm³/mol. The van der Waals surface area contributed by atoms with E-state index >= 15 is 0 Å². The van der Waals surface area contributed by atoms with Crippen LogP contribution >= 0.6 is 0 Å². The van der Waals surface area contributed by atoms with E-state index in [-0.39, 0.29) is 17.6 Å². The molecule has 0 atom stereocenters. The van der Waals surface area contributed by atoms with Crippen molar-refractivity contribution in [2.45, 2.75) is 33.6 Å². The fourth-order valence-electron chi connectivity index (χ4n) is 2.34. The van der Waals surface area contributed by atoms with Crippen LogP contribution in [0.4, 0.5) is 0 Å². The molecule has 1 aliphatic heterocycles. The molecule has 0 unspecified atom stereocenters. The molecule has 1 aliphatic rings. The molecule has 4 nitrogen and oxygen atoms in total. The van der Waals surface area contributed by atoms with Gasteiger partial charge in [0.05, 0.1) is 6.54 Å². The summed E-state index contributed by atoms with van der Waals surface area (Å²) in [6.45, 7) is 9.45. The minimum atomic E-state index is 0.175. The van der Waals surface area contributed by atoms with Crippen LogP contribution in [0.5, 0.6) is 0 Å². The number of Topliss-reactive ketones (excluding diaryl/α,β-unsaturated/α-hetero) is 1. The average Bonchev–Trinajstić information content (AvgIpc) is 2.30. The van der Waals surface area contributed by atoms with Gasteiger partial charge in [-0.3, -0.25) is 14.5 Å². The Hall–Kier alpha value is -0.900. The number of hydrogen-bond acceptors (Lipinski definition) is 3. The van der Waals surface area contributed by atoms with Crippen LogP contribution in [0.1, 0.15) is 33.6 Å². The Morgan fingerprint density at radius 1 is 1.06 bits per heavy atom. The van der Waals surface area contributed by atoms with Crippen LogP contribution in [-0.2, 0) is 9.59 Å². The van der Waals surface area contributed by atoms with E-state index < -0.39 is 0 Å². The molecule has 0 aromatic carbocycles. The zero-order valence-corrected chi connectivity index (χ0v) is 11.2. The standard InChI is InChI=1S/C13H24N2O2/c1-4-12(5-2)13(17)15-8-6-14(7-9-15)10-11(3)16/h12H,4-10H2,1-3H3. The van der Waals surface area contributed by atoms with Gasteiger partial charge in [0.2, 0.25) is 5.91 Å². The zero-order valence-electron chi connectivity index (χ0n) is 11.2. The monoisotopic (exact) mass is 240 g/mol. The molecule has 4 heteroatoms. The fraction of sp³-hybridized carbons (Fsp3) is 0.846. The summed E-state index contributed by atoms with van der Waals surface area (Å²) >= 11 is 0. The Labute approximate surface area is 104 Å². The topological polar surface area (TPSA) is 40.6 Å². The number of rotatable bonds is 5. The van der Waals surface area contributed by atoms with E-state index in [0.29, 0.717) is 6.54 Å². The van der Waals surface area contributed by atoms with Crippen LogP contribution in [0.3, 0.4) is 0 Å². The highest BCUT2D eigenvalue weighted by atomic mass is 16.2. The van der Waals surface area contributed by atoms with Crippen molar-refractivity contribution in [2.24, 2.45) is 5.92 Å². The van der Waals surface area contributed by atoms with Crippen molar-refractivity contribution in [1.29, 1.82) is 0 Å². The van der Waals surface area contributed by atoms with Gasteiger partial charge in [-0.1, -0.05) is 13.8 Å². The highest BCUT2D eigenvalue weighted by molar-refractivity contribution is 5.79. The first-order chi connectivity index (χ1) is 8.08. The molecular formula is C13H24N2O2. The maximum Gasteiger partial charge on any atom is 0.225 e. The molecule has 0 N–H and O–H groups in total. The number of hydrogen-bond donors (Lipinski definition) is 0. The Bertz CT molecular complexity index is 267. The number of carbonyl (C=O) groups excluding carboxylic acids is 2. The fourth-order valence-corrected chi connectivity index (χ4v) is 2.34. The summed E-state index contributed by atoms with van der Waals surface area (Å²) in [5.41, 5.74) is 0. The third-order valence-corrected chi connectivity index (χ3v) is 3.47. The number of ketones is 1. The quantitative estimate of drug-likeness (QED) is 0.724. The molecule has 1 heterocycles. The van der Waals surface area contributed by atoms with Gasteiger partial charge in [-0.15, -0.1) is 0 Å². The summed E-state index contributed by atoms with van der Waals surface area (Å²) in [4.78, 5) is 27.2. The molecule has 1 rings (SSSR count). The van der Waals surface area contributed by atoms with Crippen molar-refractivity contribution in [3.8, 4) is 0 Å². The van der Waals surface area contributed by atoms with Crippen LogP contribution in [-0.4, -0.2) is 54.2 Å². The van der Waals surface area contributed by atoms with Gasteiger partial charge in [0.15, 0.2) is 0 Å². The van der Waals surface area contributed by atoms with Gasteiger partial charge in [0.1, 0.15) is 5.78 Å². The van der Waals surface area contributed by atoms with E-state index in [1.54, 1.807) is 6.92 Å². The minimum absolute atomic E-state index is 0.175. The van der Waals surface area contributed by atoms with Gasteiger partial charge in [0.25, 0.3) is 0 Å². The lowest BCUT2D eigenvalue weighted by Gasteiger charge is -2.35. The summed E-state index contributed by atoms with van der Waals surface area (Å²) in [5.74, 6) is 0.664. The van der Waals surface area contributed by atoms with Crippen LogP contribution < -0.4 is 0 Å². The summed E-state index contributed by atoms with van der Waals surface area (Å²) in [6.07, 6.45) is 1.84. The minimum Gasteiger partial charge on any atom is -0.340 e. The molecule has 0 aliphatic carbocycles. The second-order valence-electron chi connectivity index (χ2n) is 4.82.